The van der Waals surface area contributed by atoms with E-state index in [0.717, 1.165) is 0 Å². The SMILES string of the molecule is CC(C)NC(=O)C1CCN(C(=O)CCC(=O)OC(C)(C)C)CC1. The molecule has 0 aromatic carbocycles. The second-order valence-corrected chi connectivity index (χ2v) is 7.40. The molecule has 0 aromatic heterocycles. The molecule has 1 fully saturated rings. The third-order valence-electron chi connectivity index (χ3n) is 3.61. The third-order valence-corrected chi connectivity index (χ3v) is 3.61. The predicted octanol–water partition coefficient (Wildman–Crippen LogP) is 1.87. The van der Waals surface area contributed by atoms with Crippen molar-refractivity contribution in [3.05, 3.63) is 0 Å². The Morgan fingerprint density at radius 3 is 2.17 bits per heavy atom. The van der Waals surface area contributed by atoms with Gasteiger partial charge in [-0.1, -0.05) is 0 Å². The van der Waals surface area contributed by atoms with Gasteiger partial charge in [-0.15, -0.1) is 0 Å². The average Bonchev–Trinajstić information content (AvgIpc) is 2.42. The maximum atomic E-state index is 12.1. The minimum Gasteiger partial charge on any atom is -0.460 e. The number of hydrogen-bond donors (Lipinski definition) is 1. The maximum absolute atomic E-state index is 12.1. The average molecular weight is 326 g/mol. The molecule has 0 aliphatic carbocycles. The Morgan fingerprint density at radius 2 is 1.70 bits per heavy atom. The fourth-order valence-corrected chi connectivity index (χ4v) is 2.55. The summed E-state index contributed by atoms with van der Waals surface area (Å²) in [5.74, 6) is -0.344. The van der Waals surface area contributed by atoms with Crippen molar-refractivity contribution in [2.75, 3.05) is 13.1 Å². The summed E-state index contributed by atoms with van der Waals surface area (Å²) < 4.78 is 5.20. The highest BCUT2D eigenvalue weighted by Crippen LogP contribution is 2.19. The second-order valence-electron chi connectivity index (χ2n) is 7.40. The van der Waals surface area contributed by atoms with Gasteiger partial charge in [0, 0.05) is 31.5 Å². The van der Waals surface area contributed by atoms with Gasteiger partial charge in [0.1, 0.15) is 5.60 Å². The summed E-state index contributed by atoms with van der Waals surface area (Å²) in [6.45, 7) is 10.4. The van der Waals surface area contributed by atoms with E-state index < -0.39 is 5.60 Å². The van der Waals surface area contributed by atoms with Crippen molar-refractivity contribution in [2.24, 2.45) is 5.92 Å². The highest BCUT2D eigenvalue weighted by atomic mass is 16.6. The van der Waals surface area contributed by atoms with Crippen LogP contribution in [-0.2, 0) is 19.1 Å². The molecular weight excluding hydrogens is 296 g/mol. The molecule has 1 heterocycles. The van der Waals surface area contributed by atoms with Gasteiger partial charge in [0.15, 0.2) is 0 Å². The molecule has 0 spiro atoms. The molecule has 0 unspecified atom stereocenters. The maximum Gasteiger partial charge on any atom is 0.306 e. The summed E-state index contributed by atoms with van der Waals surface area (Å²) in [5.41, 5.74) is -0.526. The Labute approximate surface area is 138 Å². The number of rotatable bonds is 5. The number of nitrogens with one attached hydrogen (secondary N) is 1. The van der Waals surface area contributed by atoms with Gasteiger partial charge in [-0.25, -0.2) is 0 Å². The van der Waals surface area contributed by atoms with Crippen molar-refractivity contribution < 1.29 is 19.1 Å². The van der Waals surface area contributed by atoms with Crippen LogP contribution in [0.5, 0.6) is 0 Å². The van der Waals surface area contributed by atoms with Crippen LogP contribution in [0, 0.1) is 5.92 Å². The minimum atomic E-state index is -0.526. The standard InChI is InChI=1S/C17H30N2O4/c1-12(2)18-16(22)13-8-10-19(11-9-13)14(20)6-7-15(21)23-17(3,4)5/h12-13H,6-11H2,1-5H3,(H,18,22). The highest BCUT2D eigenvalue weighted by Gasteiger charge is 2.28. The topological polar surface area (TPSA) is 75.7 Å². The first-order valence-corrected chi connectivity index (χ1v) is 8.38. The number of carbonyl (C=O) groups excluding carboxylic acids is 3. The largest absolute Gasteiger partial charge is 0.460 e. The van der Waals surface area contributed by atoms with Crippen molar-refractivity contribution in [1.82, 2.24) is 10.2 Å². The zero-order valence-corrected chi connectivity index (χ0v) is 15.0. The molecule has 1 N–H and O–H groups in total. The smallest absolute Gasteiger partial charge is 0.306 e. The van der Waals surface area contributed by atoms with Gasteiger partial charge in [-0.2, -0.15) is 0 Å². The lowest BCUT2D eigenvalue weighted by Crippen LogP contribution is -2.44. The molecule has 1 aliphatic heterocycles. The number of hydrogen-bond acceptors (Lipinski definition) is 4. The summed E-state index contributed by atoms with van der Waals surface area (Å²) in [6.07, 6.45) is 1.62. The molecule has 6 heteroatoms. The number of esters is 1. The monoisotopic (exact) mass is 326 g/mol. The van der Waals surface area contributed by atoms with Crippen LogP contribution in [0.3, 0.4) is 0 Å². The molecule has 0 aromatic rings. The van der Waals surface area contributed by atoms with E-state index in [9.17, 15) is 14.4 Å². The molecular formula is C17H30N2O4. The molecule has 1 aliphatic rings. The third kappa shape index (κ3) is 7.48. The van der Waals surface area contributed by atoms with Gasteiger partial charge < -0.3 is 15.0 Å². The van der Waals surface area contributed by atoms with Gasteiger partial charge in [-0.05, 0) is 47.5 Å². The van der Waals surface area contributed by atoms with E-state index in [1.54, 1.807) is 25.7 Å². The molecule has 0 saturated carbocycles. The van der Waals surface area contributed by atoms with Gasteiger partial charge in [0.25, 0.3) is 0 Å². The number of carbonyl (C=O) groups is 3. The molecule has 23 heavy (non-hydrogen) atoms. The first-order valence-electron chi connectivity index (χ1n) is 8.38. The van der Waals surface area contributed by atoms with Crippen molar-refractivity contribution in [3.63, 3.8) is 0 Å². The fraction of sp³-hybridized carbons (Fsp3) is 0.824. The normalized spacial score (nSPS) is 16.3. The molecule has 1 rings (SSSR count). The van der Waals surface area contributed by atoms with Gasteiger partial charge in [-0.3, -0.25) is 14.4 Å². The quantitative estimate of drug-likeness (QED) is 0.783. The number of nitrogens with zero attached hydrogens (tertiary/aromatic N) is 1. The Hall–Kier alpha value is -1.59. The number of ether oxygens (including phenoxy) is 1. The van der Waals surface area contributed by atoms with Gasteiger partial charge in [0.2, 0.25) is 11.8 Å². The Morgan fingerprint density at radius 1 is 1.13 bits per heavy atom. The number of amides is 2. The lowest BCUT2D eigenvalue weighted by Gasteiger charge is -2.31. The van der Waals surface area contributed by atoms with Crippen molar-refractivity contribution in [2.45, 2.75) is 71.9 Å². The Kier molecular flexibility index (Phi) is 7.03. The second kappa shape index (κ2) is 8.31. The molecule has 2 amide bonds. The number of likely N-dealkylation sites (tertiary alicyclic amines) is 1. The summed E-state index contributed by atoms with van der Waals surface area (Å²) in [5, 5.41) is 2.91. The van der Waals surface area contributed by atoms with Gasteiger partial charge in [0.05, 0.1) is 6.42 Å². The van der Waals surface area contributed by atoms with Crippen molar-refractivity contribution in [1.29, 1.82) is 0 Å². The van der Waals surface area contributed by atoms with Crippen molar-refractivity contribution in [3.8, 4) is 0 Å². The summed E-state index contributed by atoms with van der Waals surface area (Å²) >= 11 is 0. The van der Waals surface area contributed by atoms with E-state index in [2.05, 4.69) is 5.32 Å². The van der Waals surface area contributed by atoms with Gasteiger partial charge >= 0.3 is 5.97 Å². The first-order chi connectivity index (χ1) is 10.6. The molecule has 1 saturated heterocycles. The lowest BCUT2D eigenvalue weighted by atomic mass is 9.95. The lowest BCUT2D eigenvalue weighted by molar-refractivity contribution is -0.156. The molecule has 0 radical (unpaired) electrons. The summed E-state index contributed by atoms with van der Waals surface area (Å²) in [6, 6.07) is 0.135. The molecule has 0 atom stereocenters. The predicted molar refractivity (Wildman–Crippen MR) is 87.7 cm³/mol. The van der Waals surface area contributed by atoms with E-state index in [-0.39, 0.29) is 42.6 Å². The summed E-state index contributed by atoms with van der Waals surface area (Å²) in [4.78, 5) is 37.5. The van der Waals surface area contributed by atoms with Crippen LogP contribution >= 0.6 is 0 Å². The number of piperidine rings is 1. The highest BCUT2D eigenvalue weighted by molar-refractivity contribution is 5.82. The van der Waals surface area contributed by atoms with Crippen LogP contribution in [0.15, 0.2) is 0 Å². The summed E-state index contributed by atoms with van der Waals surface area (Å²) in [7, 11) is 0. The van der Waals surface area contributed by atoms with E-state index in [1.165, 1.54) is 0 Å². The van der Waals surface area contributed by atoms with Crippen molar-refractivity contribution >= 4 is 17.8 Å². The van der Waals surface area contributed by atoms with E-state index in [1.807, 2.05) is 13.8 Å². The molecule has 0 bridgehead atoms. The Balaban J connectivity index is 2.32. The zero-order valence-electron chi connectivity index (χ0n) is 15.0. The minimum absolute atomic E-state index is 0.0210. The Bertz CT molecular complexity index is 432. The van der Waals surface area contributed by atoms with Crippen LogP contribution in [0.1, 0.15) is 60.3 Å². The van der Waals surface area contributed by atoms with Crippen LogP contribution in [0.25, 0.3) is 0 Å². The fourth-order valence-electron chi connectivity index (χ4n) is 2.55. The van der Waals surface area contributed by atoms with E-state index in [0.29, 0.717) is 25.9 Å². The van der Waals surface area contributed by atoms with E-state index >= 15 is 0 Å². The van der Waals surface area contributed by atoms with Crippen LogP contribution < -0.4 is 5.32 Å². The van der Waals surface area contributed by atoms with Crippen LogP contribution in [-0.4, -0.2) is 47.4 Å². The van der Waals surface area contributed by atoms with E-state index in [4.69, 9.17) is 4.74 Å². The van der Waals surface area contributed by atoms with Crippen LogP contribution in [0.2, 0.25) is 0 Å². The zero-order chi connectivity index (χ0) is 17.6. The molecule has 6 nitrogen and oxygen atoms in total. The first kappa shape index (κ1) is 19.5. The molecule has 132 valence electrons. The van der Waals surface area contributed by atoms with Crippen LogP contribution in [0.4, 0.5) is 0 Å².